The molecule has 0 radical (unpaired) electrons. The minimum atomic E-state index is -3.10. The van der Waals surface area contributed by atoms with Crippen LogP contribution >= 0.6 is 0 Å². The van der Waals surface area contributed by atoms with Crippen LogP contribution in [-0.4, -0.2) is 47.9 Å². The number of allylic oxidation sites excluding steroid dienone is 2. The monoisotopic (exact) mass is 451 g/mol. The van der Waals surface area contributed by atoms with Crippen LogP contribution in [0.2, 0.25) is 0 Å². The molecule has 3 N–H and O–H groups in total. The Bertz CT molecular complexity index is 1040. The smallest absolute Gasteiger partial charge is 0.388 e. The molecule has 2 aliphatic rings. The summed E-state index contributed by atoms with van der Waals surface area (Å²) in [6.07, 6.45) is 4.30. The summed E-state index contributed by atoms with van der Waals surface area (Å²) in [7, 11) is 1.48. The normalized spacial score (nSPS) is 22.6. The zero-order valence-electron chi connectivity index (χ0n) is 18.0. The Hall–Kier alpha value is -3.50. The number of amides is 3. The quantitative estimate of drug-likeness (QED) is 0.733. The predicted octanol–water partition coefficient (Wildman–Crippen LogP) is 3.34. The molecule has 0 saturated heterocycles. The molecule has 1 aromatic rings. The number of carbonyl (C=O) groups is 2. The number of aliphatic imine (C=N–C) groups is 1. The molecule has 2 aliphatic heterocycles. The number of halogens is 3. The molecule has 0 bridgehead atoms. The molecule has 0 aromatic heterocycles. The zero-order valence-corrected chi connectivity index (χ0v) is 18.0. The van der Waals surface area contributed by atoms with E-state index in [1.54, 1.807) is 26.8 Å². The number of ether oxygens (including phenoxy) is 1. The molecule has 3 rings (SSSR count). The fraction of sp³-hybridized carbons (Fsp3) is 0.381. The van der Waals surface area contributed by atoms with Crippen molar-refractivity contribution in [1.29, 1.82) is 0 Å². The van der Waals surface area contributed by atoms with Crippen molar-refractivity contribution in [1.82, 2.24) is 9.80 Å². The van der Waals surface area contributed by atoms with Gasteiger partial charge in [-0.3, -0.25) is 14.6 Å². The number of nitrogens with two attached hydrogens (primary N) is 1. The van der Waals surface area contributed by atoms with Crippen molar-refractivity contribution in [2.24, 2.45) is 16.1 Å². The van der Waals surface area contributed by atoms with Crippen LogP contribution in [0.5, 0.6) is 0 Å². The van der Waals surface area contributed by atoms with Crippen molar-refractivity contribution in [3.8, 4) is 0 Å². The first-order chi connectivity index (χ1) is 14.9. The second kappa shape index (κ2) is 8.21. The van der Waals surface area contributed by atoms with E-state index in [1.807, 2.05) is 0 Å². The lowest BCUT2D eigenvalue weighted by Gasteiger charge is -2.46. The molecule has 0 unspecified atom stereocenters. The van der Waals surface area contributed by atoms with Crippen LogP contribution in [0, 0.1) is 11.2 Å². The molecular weight excluding hydrogens is 427 g/mol. The Balaban J connectivity index is 1.94. The molecule has 0 spiro atoms. The largest absolute Gasteiger partial charge is 0.419 e. The number of nitrogens with one attached hydrogen (secondary N) is 1. The molecule has 0 aliphatic carbocycles. The molecule has 8 nitrogen and oxygen atoms in total. The maximum absolute atomic E-state index is 14.9. The van der Waals surface area contributed by atoms with Crippen LogP contribution in [0.4, 0.5) is 23.7 Å². The van der Waals surface area contributed by atoms with Gasteiger partial charge in [0.1, 0.15) is 11.4 Å². The summed E-state index contributed by atoms with van der Waals surface area (Å²) < 4.78 is 44.6. The molecule has 2 heterocycles. The Labute approximate surface area is 183 Å². The van der Waals surface area contributed by atoms with E-state index in [1.165, 1.54) is 36.2 Å². The second-order valence-corrected chi connectivity index (χ2v) is 8.08. The molecule has 172 valence electrons. The van der Waals surface area contributed by atoms with E-state index in [0.717, 1.165) is 11.0 Å². The van der Waals surface area contributed by atoms with Gasteiger partial charge in [0.15, 0.2) is 5.96 Å². The summed E-state index contributed by atoms with van der Waals surface area (Å²) in [5.41, 5.74) is 3.58. The fourth-order valence-corrected chi connectivity index (χ4v) is 3.61. The Morgan fingerprint density at radius 2 is 2.00 bits per heavy atom. The number of nitrogens with zero attached hydrogens (tertiary/aromatic N) is 3. The van der Waals surface area contributed by atoms with Gasteiger partial charge < -0.3 is 15.8 Å². The predicted molar refractivity (Wildman–Crippen MR) is 112 cm³/mol. The van der Waals surface area contributed by atoms with Crippen molar-refractivity contribution < 1.29 is 27.5 Å². The molecule has 0 fully saturated rings. The number of rotatable bonds is 4. The van der Waals surface area contributed by atoms with Gasteiger partial charge in [-0.05, 0) is 45.0 Å². The van der Waals surface area contributed by atoms with Crippen LogP contribution < -0.4 is 11.1 Å². The van der Waals surface area contributed by atoms with Crippen LogP contribution in [0.15, 0.2) is 47.3 Å². The number of benzene rings is 1. The Morgan fingerprint density at radius 1 is 1.31 bits per heavy atom. The van der Waals surface area contributed by atoms with Gasteiger partial charge in [0.25, 0.3) is 0 Å². The maximum Gasteiger partial charge on any atom is 0.388 e. The molecule has 32 heavy (non-hydrogen) atoms. The highest BCUT2D eigenvalue weighted by Crippen LogP contribution is 2.47. The van der Waals surface area contributed by atoms with E-state index < -0.39 is 29.4 Å². The minimum Gasteiger partial charge on any atom is -0.419 e. The molecular formula is C21H24F3N5O3. The number of anilines is 1. The first-order valence-corrected chi connectivity index (χ1v) is 9.72. The topological polar surface area (TPSA) is 100 Å². The van der Waals surface area contributed by atoms with Crippen molar-refractivity contribution in [3.05, 3.63) is 53.7 Å². The molecule has 11 heteroatoms. The highest BCUT2D eigenvalue weighted by Gasteiger charge is 2.53. The lowest BCUT2D eigenvalue weighted by Crippen LogP contribution is -2.58. The third-order valence-electron chi connectivity index (χ3n) is 5.86. The van der Waals surface area contributed by atoms with Gasteiger partial charge >= 0.3 is 12.6 Å². The Kier molecular flexibility index (Phi) is 5.94. The first kappa shape index (κ1) is 23.2. The van der Waals surface area contributed by atoms with Gasteiger partial charge in [-0.1, -0.05) is 12.2 Å². The number of guanidine groups is 1. The van der Waals surface area contributed by atoms with Gasteiger partial charge in [-0.15, -0.1) is 0 Å². The van der Waals surface area contributed by atoms with Crippen LogP contribution in [0.3, 0.4) is 0 Å². The van der Waals surface area contributed by atoms with Gasteiger partial charge in [-0.2, -0.15) is 8.78 Å². The van der Waals surface area contributed by atoms with Gasteiger partial charge in [-0.25, -0.2) is 14.2 Å². The number of alkyl halides is 2. The zero-order chi connectivity index (χ0) is 23.8. The van der Waals surface area contributed by atoms with Crippen molar-refractivity contribution in [3.63, 3.8) is 0 Å². The van der Waals surface area contributed by atoms with Gasteiger partial charge in [0, 0.05) is 24.8 Å². The van der Waals surface area contributed by atoms with E-state index in [0.29, 0.717) is 0 Å². The summed E-state index contributed by atoms with van der Waals surface area (Å²) in [6.45, 7) is 1.75. The third-order valence-corrected chi connectivity index (χ3v) is 5.86. The minimum absolute atomic E-state index is 0.00481. The summed E-state index contributed by atoms with van der Waals surface area (Å²) >= 11 is 0. The third kappa shape index (κ3) is 3.90. The van der Waals surface area contributed by atoms with Crippen LogP contribution in [-0.2, 0) is 15.1 Å². The van der Waals surface area contributed by atoms with Gasteiger partial charge in [0.05, 0.1) is 5.41 Å². The van der Waals surface area contributed by atoms with E-state index in [9.17, 15) is 22.8 Å². The summed E-state index contributed by atoms with van der Waals surface area (Å²) in [5, 5.41) is 2.54. The van der Waals surface area contributed by atoms with Crippen LogP contribution in [0.25, 0.3) is 0 Å². The number of urea groups is 1. The standard InChI is InChI=1S/C21H24F3N5O3/c1-20(2)16(30)28(4)18(25)27-21(20,3)13-11-12(8-9-14(13)22)26-19(31)29-10-6-5-7-15(29)32-17(23)24/h5-9,11,17H,10H2,1-4H3,(H2,25,27)(H,26,31)/t21-/m1/s1. The highest BCUT2D eigenvalue weighted by molar-refractivity contribution is 6.01. The molecule has 1 atom stereocenters. The van der Waals surface area contributed by atoms with Crippen LogP contribution in [0.1, 0.15) is 26.3 Å². The van der Waals surface area contributed by atoms with E-state index in [-0.39, 0.29) is 35.5 Å². The lowest BCUT2D eigenvalue weighted by atomic mass is 9.67. The highest BCUT2D eigenvalue weighted by atomic mass is 19.3. The van der Waals surface area contributed by atoms with Crippen molar-refractivity contribution in [2.75, 3.05) is 18.9 Å². The van der Waals surface area contributed by atoms with Crippen molar-refractivity contribution in [2.45, 2.75) is 32.9 Å². The number of hydrogen-bond donors (Lipinski definition) is 2. The molecule has 3 amide bonds. The summed E-state index contributed by atoms with van der Waals surface area (Å²) in [6, 6.07) is 3.03. The van der Waals surface area contributed by atoms with E-state index in [4.69, 9.17) is 5.73 Å². The Morgan fingerprint density at radius 3 is 2.66 bits per heavy atom. The summed E-state index contributed by atoms with van der Waals surface area (Å²) in [4.78, 5) is 32.1. The summed E-state index contributed by atoms with van der Waals surface area (Å²) in [5.74, 6) is -1.38. The van der Waals surface area contributed by atoms with E-state index in [2.05, 4.69) is 15.0 Å². The lowest BCUT2D eigenvalue weighted by molar-refractivity contribution is -0.140. The maximum atomic E-state index is 14.9. The molecule has 1 aromatic carbocycles. The van der Waals surface area contributed by atoms with E-state index >= 15 is 0 Å². The average Bonchev–Trinajstić information content (AvgIpc) is 2.72. The first-order valence-electron chi connectivity index (χ1n) is 9.72. The number of hydrogen-bond acceptors (Lipinski definition) is 5. The van der Waals surface area contributed by atoms with Gasteiger partial charge in [0.2, 0.25) is 11.8 Å². The number of carbonyl (C=O) groups excluding carboxylic acids is 2. The second-order valence-electron chi connectivity index (χ2n) is 8.08. The fourth-order valence-electron chi connectivity index (χ4n) is 3.61. The SMILES string of the molecule is CN1C(=O)C(C)(C)[C@@](C)(c2cc(NC(=O)N3CC=CC=C3OC(F)F)ccc2F)N=C1N. The average molecular weight is 451 g/mol. The molecule has 0 saturated carbocycles. The van der Waals surface area contributed by atoms with Crippen molar-refractivity contribution >= 4 is 23.6 Å².